The number of amides is 1. The number of anilines is 1. The number of benzene rings is 2. The van der Waals surface area contributed by atoms with Gasteiger partial charge in [0, 0.05) is 6.20 Å². The lowest BCUT2D eigenvalue weighted by molar-refractivity contribution is 0.101. The van der Waals surface area contributed by atoms with Crippen molar-refractivity contribution in [1.82, 2.24) is 24.5 Å². The molecule has 0 aliphatic rings. The van der Waals surface area contributed by atoms with Crippen molar-refractivity contribution in [2.45, 2.75) is 20.2 Å². The number of hydrogen-bond donors (Lipinski definition) is 1. The van der Waals surface area contributed by atoms with Crippen LogP contribution < -0.4 is 10.1 Å². The summed E-state index contributed by atoms with van der Waals surface area (Å²) >= 11 is 12.2. The maximum Gasteiger partial charge on any atom is 0.278 e. The minimum absolute atomic E-state index is 0.0418. The molecule has 2 aromatic heterocycles. The van der Waals surface area contributed by atoms with Gasteiger partial charge in [-0.05, 0) is 30.7 Å². The highest BCUT2D eigenvalue weighted by atomic mass is 35.5. The minimum Gasteiger partial charge on any atom is -0.468 e. The van der Waals surface area contributed by atoms with E-state index in [4.69, 9.17) is 27.9 Å². The maximum absolute atomic E-state index is 12.5. The van der Waals surface area contributed by atoms with Crippen molar-refractivity contribution in [2.75, 3.05) is 5.32 Å². The van der Waals surface area contributed by atoms with Crippen LogP contribution in [0.15, 0.2) is 61.1 Å². The summed E-state index contributed by atoms with van der Waals surface area (Å²) < 4.78 is 8.72. The van der Waals surface area contributed by atoms with E-state index in [9.17, 15) is 4.79 Å². The van der Waals surface area contributed by atoms with E-state index in [-0.39, 0.29) is 18.4 Å². The van der Waals surface area contributed by atoms with E-state index in [0.717, 1.165) is 5.56 Å². The second-order valence-electron chi connectivity index (χ2n) is 6.77. The van der Waals surface area contributed by atoms with E-state index >= 15 is 0 Å². The molecule has 1 N–H and O–H groups in total. The Balaban J connectivity index is 1.35. The fourth-order valence-corrected chi connectivity index (χ4v) is 3.40. The van der Waals surface area contributed by atoms with Gasteiger partial charge >= 0.3 is 0 Å². The number of carbonyl (C=O) groups excluding carboxylic acids is 1. The van der Waals surface area contributed by atoms with Crippen LogP contribution in [0.5, 0.6) is 5.75 Å². The van der Waals surface area contributed by atoms with E-state index < -0.39 is 5.91 Å². The molecule has 0 unspecified atom stereocenters. The number of para-hydroxylation sites is 1. The van der Waals surface area contributed by atoms with E-state index in [0.29, 0.717) is 22.3 Å². The lowest BCUT2D eigenvalue weighted by Gasteiger charge is -2.09. The Bertz CT molecular complexity index is 1200. The van der Waals surface area contributed by atoms with Crippen LogP contribution in [0.25, 0.3) is 0 Å². The predicted octanol–water partition coefficient (Wildman–Crippen LogP) is 4.43. The van der Waals surface area contributed by atoms with Crippen LogP contribution in [0, 0.1) is 6.92 Å². The van der Waals surface area contributed by atoms with E-state index in [1.54, 1.807) is 41.5 Å². The molecule has 4 rings (SSSR count). The van der Waals surface area contributed by atoms with Gasteiger partial charge in [-0.2, -0.15) is 5.10 Å². The fraction of sp³-hybridized carbons (Fsp3) is 0.143. The Hall–Kier alpha value is -3.36. The normalized spacial score (nSPS) is 10.8. The number of halogens is 2. The van der Waals surface area contributed by atoms with E-state index in [1.807, 2.05) is 25.1 Å². The van der Waals surface area contributed by atoms with Gasteiger partial charge in [0.05, 0.1) is 16.6 Å². The first-order valence-electron chi connectivity index (χ1n) is 9.34. The molecule has 0 spiro atoms. The molecule has 10 heteroatoms. The molecule has 8 nitrogen and oxygen atoms in total. The second-order valence-corrected chi connectivity index (χ2v) is 7.59. The van der Waals surface area contributed by atoms with Crippen molar-refractivity contribution < 1.29 is 9.53 Å². The first kappa shape index (κ1) is 20.9. The standard InChI is InChI=1S/C21H18Cl2N6O2/c1-14-4-2-5-15(10-14)11-29-12-24-21(27-29)25-20(30)18-8-9-28(26-18)13-31-19-16(22)6-3-7-17(19)23/h2-10,12H,11,13H2,1H3,(H,25,27,30). The van der Waals surface area contributed by atoms with Crippen LogP contribution in [0.3, 0.4) is 0 Å². The van der Waals surface area contributed by atoms with Crippen molar-refractivity contribution in [3.8, 4) is 5.75 Å². The van der Waals surface area contributed by atoms with E-state index in [1.165, 1.54) is 10.2 Å². The zero-order valence-electron chi connectivity index (χ0n) is 16.5. The molecule has 4 aromatic rings. The molecule has 0 saturated heterocycles. The van der Waals surface area contributed by atoms with Crippen molar-refractivity contribution in [1.29, 1.82) is 0 Å². The van der Waals surface area contributed by atoms with Crippen LogP contribution in [0.2, 0.25) is 10.0 Å². The Morgan fingerprint density at radius 1 is 1.06 bits per heavy atom. The van der Waals surface area contributed by atoms with Crippen molar-refractivity contribution in [3.63, 3.8) is 0 Å². The summed E-state index contributed by atoms with van der Waals surface area (Å²) in [6, 6.07) is 14.8. The van der Waals surface area contributed by atoms with Gasteiger partial charge < -0.3 is 4.74 Å². The zero-order valence-corrected chi connectivity index (χ0v) is 18.0. The number of ether oxygens (including phenoxy) is 1. The average molecular weight is 457 g/mol. The van der Waals surface area contributed by atoms with Crippen LogP contribution in [0.4, 0.5) is 5.95 Å². The Kier molecular flexibility index (Phi) is 6.20. The number of rotatable bonds is 7. The topological polar surface area (TPSA) is 86.9 Å². The number of hydrogen-bond acceptors (Lipinski definition) is 5. The SMILES string of the molecule is Cc1cccc(Cn2cnc(NC(=O)c3ccn(COc4c(Cl)cccc4Cl)n3)n2)c1. The molecule has 0 saturated carbocycles. The quantitative estimate of drug-likeness (QED) is 0.444. The average Bonchev–Trinajstić information content (AvgIpc) is 3.37. The third-order valence-corrected chi connectivity index (χ3v) is 4.92. The molecule has 31 heavy (non-hydrogen) atoms. The van der Waals surface area contributed by atoms with E-state index in [2.05, 4.69) is 26.6 Å². The van der Waals surface area contributed by atoms with Gasteiger partial charge in [-0.25, -0.2) is 14.3 Å². The zero-order chi connectivity index (χ0) is 21.8. The number of nitrogens with one attached hydrogen (secondary N) is 1. The first-order chi connectivity index (χ1) is 15.0. The van der Waals surface area contributed by atoms with Crippen LogP contribution in [-0.2, 0) is 13.3 Å². The molecular formula is C21H18Cl2N6O2. The van der Waals surface area contributed by atoms with Crippen LogP contribution in [0.1, 0.15) is 21.6 Å². The van der Waals surface area contributed by atoms with Crippen molar-refractivity contribution >= 4 is 35.1 Å². The fourth-order valence-electron chi connectivity index (χ4n) is 2.90. The smallest absolute Gasteiger partial charge is 0.278 e. The first-order valence-corrected chi connectivity index (χ1v) is 10.1. The summed E-state index contributed by atoms with van der Waals surface area (Å²) in [5.74, 6) is 0.129. The molecule has 0 fully saturated rings. The van der Waals surface area contributed by atoms with Gasteiger partial charge in [0.1, 0.15) is 6.33 Å². The van der Waals surface area contributed by atoms with Gasteiger partial charge in [-0.3, -0.25) is 10.1 Å². The number of aromatic nitrogens is 5. The van der Waals surface area contributed by atoms with Gasteiger partial charge in [0.25, 0.3) is 5.91 Å². The predicted molar refractivity (Wildman–Crippen MR) is 118 cm³/mol. The minimum atomic E-state index is -0.428. The molecule has 2 aromatic carbocycles. The monoisotopic (exact) mass is 456 g/mol. The third kappa shape index (κ3) is 5.22. The summed E-state index contributed by atoms with van der Waals surface area (Å²) in [7, 11) is 0. The van der Waals surface area contributed by atoms with Gasteiger partial charge in [-0.15, -0.1) is 5.10 Å². The highest BCUT2D eigenvalue weighted by Crippen LogP contribution is 2.32. The summed E-state index contributed by atoms with van der Waals surface area (Å²) in [5.41, 5.74) is 2.46. The van der Waals surface area contributed by atoms with Crippen LogP contribution in [-0.4, -0.2) is 30.5 Å². The third-order valence-electron chi connectivity index (χ3n) is 4.32. The highest BCUT2D eigenvalue weighted by Gasteiger charge is 2.13. The lowest BCUT2D eigenvalue weighted by Crippen LogP contribution is -2.15. The molecule has 0 aliphatic carbocycles. The molecule has 1 amide bonds. The molecule has 0 bridgehead atoms. The Labute approximate surface area is 188 Å². The highest BCUT2D eigenvalue weighted by molar-refractivity contribution is 6.37. The van der Waals surface area contributed by atoms with Gasteiger partial charge in [-0.1, -0.05) is 59.1 Å². The molecule has 158 valence electrons. The molecule has 0 radical (unpaired) electrons. The van der Waals surface area contributed by atoms with Crippen LogP contribution >= 0.6 is 23.2 Å². The van der Waals surface area contributed by atoms with Gasteiger partial charge in [0.15, 0.2) is 18.2 Å². The number of aryl methyl sites for hydroxylation is 1. The molecule has 0 atom stereocenters. The van der Waals surface area contributed by atoms with Crippen molar-refractivity contribution in [2.24, 2.45) is 0 Å². The second kappa shape index (κ2) is 9.20. The Morgan fingerprint density at radius 3 is 2.61 bits per heavy atom. The summed E-state index contributed by atoms with van der Waals surface area (Å²) in [5, 5.41) is 11.9. The maximum atomic E-state index is 12.5. The molecular weight excluding hydrogens is 439 g/mol. The largest absolute Gasteiger partial charge is 0.468 e. The van der Waals surface area contributed by atoms with Gasteiger partial charge in [0.2, 0.25) is 5.95 Å². The number of carbonyl (C=O) groups is 1. The van der Waals surface area contributed by atoms with Crippen molar-refractivity contribution in [3.05, 3.63) is 87.9 Å². The number of nitrogens with zero attached hydrogens (tertiary/aromatic N) is 5. The lowest BCUT2D eigenvalue weighted by atomic mass is 10.1. The summed E-state index contributed by atoms with van der Waals surface area (Å²) in [6.07, 6.45) is 3.18. The Morgan fingerprint density at radius 2 is 1.84 bits per heavy atom. The molecule has 2 heterocycles. The summed E-state index contributed by atoms with van der Waals surface area (Å²) in [6.45, 7) is 2.63. The molecule has 0 aliphatic heterocycles. The summed E-state index contributed by atoms with van der Waals surface area (Å²) in [4.78, 5) is 16.6.